The Bertz CT molecular complexity index is 423. The molecule has 92 valence electrons. The summed E-state index contributed by atoms with van der Waals surface area (Å²) in [6.07, 6.45) is 5.14. The molecule has 0 saturated heterocycles. The van der Waals surface area contributed by atoms with Gasteiger partial charge in [-0.15, -0.1) is 0 Å². The lowest BCUT2D eigenvalue weighted by atomic mass is 10.1. The molecule has 0 amide bonds. The van der Waals surface area contributed by atoms with Crippen LogP contribution in [0.5, 0.6) is 5.75 Å². The lowest BCUT2D eigenvalue weighted by Crippen LogP contribution is -2.15. The van der Waals surface area contributed by atoms with E-state index in [1.807, 2.05) is 25.1 Å². The molecule has 0 atom stereocenters. The number of hydrogen-bond acceptors (Lipinski definition) is 3. The molecule has 2 rings (SSSR count). The Kier molecular flexibility index (Phi) is 3.52. The van der Waals surface area contributed by atoms with Gasteiger partial charge in [-0.25, -0.2) is 0 Å². The highest BCUT2D eigenvalue weighted by Crippen LogP contribution is 2.25. The van der Waals surface area contributed by atoms with Gasteiger partial charge in [0.2, 0.25) is 0 Å². The molecule has 3 N–H and O–H groups in total. The number of ether oxygens (including phenoxy) is 1. The van der Waals surface area contributed by atoms with Crippen molar-refractivity contribution in [3.63, 3.8) is 0 Å². The van der Waals surface area contributed by atoms with Gasteiger partial charge in [-0.2, -0.15) is 0 Å². The number of nitrogens with zero attached hydrogens (tertiary/aromatic N) is 1. The molecular formula is C13H18N2O2. The predicted molar refractivity (Wildman–Crippen MR) is 66.6 cm³/mol. The third-order valence-corrected chi connectivity index (χ3v) is 3.19. The summed E-state index contributed by atoms with van der Waals surface area (Å²) in [5.74, 6) is 0.999. The highest BCUT2D eigenvalue weighted by molar-refractivity contribution is 5.98. The second kappa shape index (κ2) is 5.08. The highest BCUT2D eigenvalue weighted by atomic mass is 16.5. The SMILES string of the molecule is Cc1cc(OC2CCCC2)ccc1/C(N)=N/O. The van der Waals surface area contributed by atoms with E-state index in [2.05, 4.69) is 5.16 Å². The monoisotopic (exact) mass is 234 g/mol. The van der Waals surface area contributed by atoms with E-state index in [9.17, 15) is 0 Å². The van der Waals surface area contributed by atoms with Crippen molar-refractivity contribution < 1.29 is 9.94 Å². The second-order valence-electron chi connectivity index (χ2n) is 4.49. The van der Waals surface area contributed by atoms with Crippen LogP contribution >= 0.6 is 0 Å². The molecule has 0 heterocycles. The average Bonchev–Trinajstić information content (AvgIpc) is 2.81. The van der Waals surface area contributed by atoms with E-state index in [0.717, 1.165) is 29.7 Å². The molecular weight excluding hydrogens is 216 g/mol. The topological polar surface area (TPSA) is 67.8 Å². The zero-order valence-corrected chi connectivity index (χ0v) is 10.0. The van der Waals surface area contributed by atoms with Gasteiger partial charge in [0.15, 0.2) is 5.84 Å². The minimum absolute atomic E-state index is 0.134. The van der Waals surface area contributed by atoms with Gasteiger partial charge in [-0.05, 0) is 56.4 Å². The molecule has 0 radical (unpaired) electrons. The van der Waals surface area contributed by atoms with E-state index < -0.39 is 0 Å². The summed E-state index contributed by atoms with van der Waals surface area (Å²) in [5.41, 5.74) is 7.26. The Morgan fingerprint density at radius 3 is 2.71 bits per heavy atom. The fraction of sp³-hybridized carbons (Fsp3) is 0.462. The Labute approximate surface area is 101 Å². The van der Waals surface area contributed by atoms with Crippen LogP contribution in [0.2, 0.25) is 0 Å². The molecule has 1 aromatic carbocycles. The van der Waals surface area contributed by atoms with Crippen molar-refractivity contribution in [2.24, 2.45) is 10.9 Å². The molecule has 1 aliphatic rings. The summed E-state index contributed by atoms with van der Waals surface area (Å²) >= 11 is 0. The fourth-order valence-electron chi connectivity index (χ4n) is 2.25. The number of oxime groups is 1. The molecule has 0 unspecified atom stereocenters. The predicted octanol–water partition coefficient (Wildman–Crippen LogP) is 2.41. The van der Waals surface area contributed by atoms with Gasteiger partial charge in [0, 0.05) is 5.56 Å². The number of rotatable bonds is 3. The van der Waals surface area contributed by atoms with E-state index in [0.29, 0.717) is 6.10 Å². The van der Waals surface area contributed by atoms with Crippen molar-refractivity contribution in [3.8, 4) is 5.75 Å². The maximum atomic E-state index is 8.64. The van der Waals surface area contributed by atoms with Crippen LogP contribution in [0, 0.1) is 6.92 Å². The molecule has 0 aliphatic heterocycles. The normalized spacial score (nSPS) is 17.4. The van der Waals surface area contributed by atoms with Crippen molar-refractivity contribution in [3.05, 3.63) is 29.3 Å². The minimum atomic E-state index is 0.134. The second-order valence-corrected chi connectivity index (χ2v) is 4.49. The first kappa shape index (κ1) is 11.8. The first-order chi connectivity index (χ1) is 8.20. The van der Waals surface area contributed by atoms with Crippen LogP contribution in [-0.2, 0) is 0 Å². The van der Waals surface area contributed by atoms with Crippen LogP contribution in [0.25, 0.3) is 0 Å². The van der Waals surface area contributed by atoms with Gasteiger partial charge in [-0.3, -0.25) is 0 Å². The lowest BCUT2D eigenvalue weighted by Gasteiger charge is -2.14. The molecule has 17 heavy (non-hydrogen) atoms. The van der Waals surface area contributed by atoms with E-state index in [4.69, 9.17) is 15.7 Å². The number of hydrogen-bond donors (Lipinski definition) is 2. The van der Waals surface area contributed by atoms with Crippen molar-refractivity contribution >= 4 is 5.84 Å². The van der Waals surface area contributed by atoms with Gasteiger partial charge in [-0.1, -0.05) is 5.16 Å². The summed E-state index contributed by atoms with van der Waals surface area (Å²) in [5, 5.41) is 11.6. The van der Waals surface area contributed by atoms with Gasteiger partial charge < -0.3 is 15.7 Å². The summed E-state index contributed by atoms with van der Waals surface area (Å²) in [6.45, 7) is 1.93. The zero-order valence-electron chi connectivity index (χ0n) is 10.0. The van der Waals surface area contributed by atoms with Gasteiger partial charge >= 0.3 is 0 Å². The number of amidine groups is 1. The molecule has 1 saturated carbocycles. The van der Waals surface area contributed by atoms with Crippen LogP contribution in [0.1, 0.15) is 36.8 Å². The van der Waals surface area contributed by atoms with Crippen molar-refractivity contribution in [2.45, 2.75) is 38.7 Å². The smallest absolute Gasteiger partial charge is 0.170 e. The van der Waals surface area contributed by atoms with Crippen molar-refractivity contribution in [1.29, 1.82) is 0 Å². The molecule has 1 fully saturated rings. The van der Waals surface area contributed by atoms with Crippen LogP contribution < -0.4 is 10.5 Å². The Morgan fingerprint density at radius 1 is 1.41 bits per heavy atom. The summed E-state index contributed by atoms with van der Waals surface area (Å²) in [7, 11) is 0. The van der Waals surface area contributed by atoms with Crippen LogP contribution in [-0.4, -0.2) is 17.1 Å². The summed E-state index contributed by atoms with van der Waals surface area (Å²) in [4.78, 5) is 0. The highest BCUT2D eigenvalue weighted by Gasteiger charge is 2.16. The Morgan fingerprint density at radius 2 is 2.12 bits per heavy atom. The molecule has 0 bridgehead atoms. The third kappa shape index (κ3) is 2.70. The minimum Gasteiger partial charge on any atom is -0.490 e. The Balaban J connectivity index is 2.12. The zero-order chi connectivity index (χ0) is 12.3. The number of benzene rings is 1. The Hall–Kier alpha value is -1.71. The molecule has 0 aromatic heterocycles. The van der Waals surface area contributed by atoms with Gasteiger partial charge in [0.25, 0.3) is 0 Å². The van der Waals surface area contributed by atoms with E-state index in [-0.39, 0.29) is 5.84 Å². The van der Waals surface area contributed by atoms with E-state index >= 15 is 0 Å². The van der Waals surface area contributed by atoms with E-state index in [1.54, 1.807) is 0 Å². The molecule has 1 aliphatic carbocycles. The fourth-order valence-corrected chi connectivity index (χ4v) is 2.25. The van der Waals surface area contributed by atoms with Crippen molar-refractivity contribution in [2.75, 3.05) is 0 Å². The molecule has 4 nitrogen and oxygen atoms in total. The largest absolute Gasteiger partial charge is 0.490 e. The van der Waals surface area contributed by atoms with Crippen LogP contribution in [0.3, 0.4) is 0 Å². The lowest BCUT2D eigenvalue weighted by molar-refractivity contribution is 0.210. The summed E-state index contributed by atoms with van der Waals surface area (Å²) < 4.78 is 5.88. The molecule has 1 aromatic rings. The van der Waals surface area contributed by atoms with Crippen molar-refractivity contribution in [1.82, 2.24) is 0 Å². The summed E-state index contributed by atoms with van der Waals surface area (Å²) in [6, 6.07) is 5.64. The maximum Gasteiger partial charge on any atom is 0.170 e. The molecule has 0 spiro atoms. The van der Waals surface area contributed by atoms with Gasteiger partial charge in [0.1, 0.15) is 5.75 Å². The first-order valence-corrected chi connectivity index (χ1v) is 5.96. The number of nitrogens with two attached hydrogens (primary N) is 1. The van der Waals surface area contributed by atoms with Crippen LogP contribution in [0.4, 0.5) is 0 Å². The average molecular weight is 234 g/mol. The standard InChI is InChI=1S/C13H18N2O2/c1-9-8-11(17-10-4-2-3-5-10)6-7-12(9)13(14)15-16/h6-8,10,16H,2-5H2,1H3,(H2,14,15). The number of aryl methyl sites for hydroxylation is 1. The first-order valence-electron chi connectivity index (χ1n) is 5.96. The van der Waals surface area contributed by atoms with E-state index in [1.165, 1.54) is 12.8 Å². The maximum absolute atomic E-state index is 8.64. The third-order valence-electron chi connectivity index (χ3n) is 3.19. The van der Waals surface area contributed by atoms with Gasteiger partial charge in [0.05, 0.1) is 6.10 Å². The van der Waals surface area contributed by atoms with Crippen LogP contribution in [0.15, 0.2) is 23.4 Å². The quantitative estimate of drug-likeness (QED) is 0.365. The molecule has 4 heteroatoms.